The van der Waals surface area contributed by atoms with Gasteiger partial charge in [-0.15, -0.1) is 0 Å². The number of nitrogens with zero attached hydrogens (tertiary/aromatic N) is 1. The van der Waals surface area contributed by atoms with Crippen LogP contribution >= 0.6 is 7.59 Å². The standard InChI is InChI=1S/C7H15N4O3P/c1-5(12)10-6-3-2-4-11(7(6)13)15(8,9)14/h6H,2-4H2,1H3,(H,10,12)(H4,8,9,14)/t6-/m1/s1. The van der Waals surface area contributed by atoms with E-state index >= 15 is 0 Å². The van der Waals surface area contributed by atoms with Gasteiger partial charge in [-0.25, -0.2) is 0 Å². The quantitative estimate of drug-likeness (QED) is 0.537. The third kappa shape index (κ3) is 3.02. The summed E-state index contributed by atoms with van der Waals surface area (Å²) in [7, 11) is -3.55. The van der Waals surface area contributed by atoms with Gasteiger partial charge in [-0.3, -0.25) is 29.8 Å². The number of amides is 2. The molecule has 8 heteroatoms. The molecule has 86 valence electrons. The molecule has 15 heavy (non-hydrogen) atoms. The van der Waals surface area contributed by atoms with Gasteiger partial charge in [-0.2, -0.15) is 0 Å². The molecule has 1 fully saturated rings. The molecular formula is C7H15N4O3P. The number of hydrogen-bond acceptors (Lipinski definition) is 3. The lowest BCUT2D eigenvalue weighted by atomic mass is 10.1. The lowest BCUT2D eigenvalue weighted by Crippen LogP contribution is -2.52. The van der Waals surface area contributed by atoms with Crippen molar-refractivity contribution in [3.8, 4) is 0 Å². The zero-order chi connectivity index (χ0) is 11.6. The van der Waals surface area contributed by atoms with Gasteiger partial charge in [0.1, 0.15) is 6.04 Å². The molecule has 1 atom stereocenters. The van der Waals surface area contributed by atoms with Crippen LogP contribution in [-0.2, 0) is 14.2 Å². The van der Waals surface area contributed by atoms with E-state index in [2.05, 4.69) is 5.32 Å². The Bertz CT molecular complexity index is 326. The Hall–Kier alpha value is -0.910. The molecule has 0 aromatic rings. The van der Waals surface area contributed by atoms with Crippen molar-refractivity contribution in [2.75, 3.05) is 6.54 Å². The largest absolute Gasteiger partial charge is 0.345 e. The van der Waals surface area contributed by atoms with Gasteiger partial charge in [0.15, 0.2) is 0 Å². The smallest absolute Gasteiger partial charge is 0.302 e. The molecule has 0 bridgehead atoms. The van der Waals surface area contributed by atoms with Crippen molar-refractivity contribution >= 4 is 19.4 Å². The van der Waals surface area contributed by atoms with Crippen molar-refractivity contribution in [2.24, 2.45) is 11.0 Å². The zero-order valence-corrected chi connectivity index (χ0v) is 9.37. The van der Waals surface area contributed by atoms with Gasteiger partial charge < -0.3 is 5.32 Å². The number of carbonyl (C=O) groups excluding carboxylic acids is 2. The van der Waals surface area contributed by atoms with Crippen LogP contribution in [0, 0.1) is 0 Å². The SMILES string of the molecule is CC(=O)N[C@@H]1CCCN(P(N)(N)=O)C1=O. The molecule has 1 heterocycles. The maximum atomic E-state index is 11.7. The van der Waals surface area contributed by atoms with Crippen LogP contribution < -0.4 is 16.3 Å². The molecule has 0 aromatic carbocycles. The summed E-state index contributed by atoms with van der Waals surface area (Å²) in [6, 6.07) is -0.656. The molecule has 1 aliphatic rings. The predicted molar refractivity (Wildman–Crippen MR) is 54.5 cm³/mol. The van der Waals surface area contributed by atoms with E-state index < -0.39 is 19.5 Å². The molecule has 1 saturated heterocycles. The predicted octanol–water partition coefficient (Wildman–Crippen LogP) is -0.861. The van der Waals surface area contributed by atoms with Gasteiger partial charge in [-0.05, 0) is 12.8 Å². The Kier molecular flexibility index (Phi) is 3.49. The van der Waals surface area contributed by atoms with Crippen LogP contribution in [0.5, 0.6) is 0 Å². The molecule has 0 saturated carbocycles. The van der Waals surface area contributed by atoms with Crippen molar-refractivity contribution in [3.63, 3.8) is 0 Å². The van der Waals surface area contributed by atoms with Crippen molar-refractivity contribution in [1.29, 1.82) is 0 Å². The Morgan fingerprint density at radius 1 is 1.60 bits per heavy atom. The molecule has 1 aliphatic heterocycles. The third-order valence-corrected chi connectivity index (χ3v) is 3.32. The Morgan fingerprint density at radius 3 is 2.67 bits per heavy atom. The van der Waals surface area contributed by atoms with E-state index in [1.807, 2.05) is 0 Å². The highest BCUT2D eigenvalue weighted by molar-refractivity contribution is 7.57. The number of nitrogens with two attached hydrogens (primary N) is 2. The van der Waals surface area contributed by atoms with Crippen LogP contribution in [0.1, 0.15) is 19.8 Å². The van der Waals surface area contributed by atoms with E-state index in [-0.39, 0.29) is 12.5 Å². The molecular weight excluding hydrogens is 219 g/mol. The molecule has 2 amide bonds. The number of hydrogen-bond donors (Lipinski definition) is 3. The van der Waals surface area contributed by atoms with Crippen LogP contribution in [0.25, 0.3) is 0 Å². The molecule has 0 aliphatic carbocycles. The lowest BCUT2D eigenvalue weighted by Gasteiger charge is -2.33. The van der Waals surface area contributed by atoms with Crippen molar-refractivity contribution in [3.05, 3.63) is 0 Å². The second-order valence-electron chi connectivity index (χ2n) is 3.53. The first-order valence-electron chi connectivity index (χ1n) is 4.58. The average Bonchev–Trinajstić information content (AvgIpc) is 2.05. The van der Waals surface area contributed by atoms with Crippen LogP contribution in [0.2, 0.25) is 0 Å². The highest BCUT2D eigenvalue weighted by atomic mass is 31.2. The summed E-state index contributed by atoms with van der Waals surface area (Å²) in [5, 5.41) is 2.47. The van der Waals surface area contributed by atoms with Gasteiger partial charge in [-0.1, -0.05) is 0 Å². The second-order valence-corrected chi connectivity index (χ2v) is 5.36. The molecule has 0 aromatic heterocycles. The fourth-order valence-electron chi connectivity index (χ4n) is 1.55. The van der Waals surface area contributed by atoms with Crippen molar-refractivity contribution in [1.82, 2.24) is 9.99 Å². The van der Waals surface area contributed by atoms with Gasteiger partial charge >= 0.3 is 7.59 Å². The Labute approximate surface area is 87.7 Å². The van der Waals surface area contributed by atoms with Gasteiger partial charge in [0.25, 0.3) is 5.91 Å². The molecule has 0 spiro atoms. The molecule has 5 N–H and O–H groups in total. The fourth-order valence-corrected chi connectivity index (χ4v) is 2.45. The number of piperidine rings is 1. The maximum Gasteiger partial charge on any atom is 0.302 e. The Morgan fingerprint density at radius 2 is 2.20 bits per heavy atom. The van der Waals surface area contributed by atoms with Gasteiger partial charge in [0, 0.05) is 13.5 Å². The third-order valence-electron chi connectivity index (χ3n) is 2.17. The first-order valence-corrected chi connectivity index (χ1v) is 6.38. The van der Waals surface area contributed by atoms with E-state index in [0.29, 0.717) is 12.8 Å². The molecule has 1 rings (SSSR count). The first kappa shape index (κ1) is 12.2. The first-order chi connectivity index (χ1) is 6.82. The molecule has 0 unspecified atom stereocenters. The highest BCUT2D eigenvalue weighted by Crippen LogP contribution is 2.35. The summed E-state index contributed by atoms with van der Waals surface area (Å²) in [5.74, 6) is -0.774. The van der Waals surface area contributed by atoms with Crippen LogP contribution in [0.15, 0.2) is 0 Å². The molecule has 7 nitrogen and oxygen atoms in total. The number of carbonyl (C=O) groups is 2. The normalized spacial score (nSPS) is 22.7. The average molecular weight is 234 g/mol. The van der Waals surface area contributed by atoms with E-state index in [4.69, 9.17) is 11.0 Å². The van der Waals surface area contributed by atoms with Crippen LogP contribution in [0.4, 0.5) is 0 Å². The molecule has 0 radical (unpaired) electrons. The minimum Gasteiger partial charge on any atom is -0.345 e. The van der Waals surface area contributed by atoms with E-state index in [0.717, 1.165) is 4.67 Å². The topological polar surface area (TPSA) is 119 Å². The van der Waals surface area contributed by atoms with Gasteiger partial charge in [0.2, 0.25) is 5.91 Å². The zero-order valence-electron chi connectivity index (χ0n) is 8.47. The van der Waals surface area contributed by atoms with Crippen molar-refractivity contribution < 1.29 is 14.2 Å². The van der Waals surface area contributed by atoms with Crippen molar-refractivity contribution in [2.45, 2.75) is 25.8 Å². The fraction of sp³-hybridized carbons (Fsp3) is 0.714. The van der Waals surface area contributed by atoms with Crippen LogP contribution in [-0.4, -0.2) is 29.1 Å². The monoisotopic (exact) mass is 234 g/mol. The highest BCUT2D eigenvalue weighted by Gasteiger charge is 2.35. The summed E-state index contributed by atoms with van der Waals surface area (Å²) in [5.41, 5.74) is 10.4. The minimum atomic E-state index is -3.55. The van der Waals surface area contributed by atoms with E-state index in [1.165, 1.54) is 6.92 Å². The van der Waals surface area contributed by atoms with E-state index in [1.54, 1.807) is 0 Å². The van der Waals surface area contributed by atoms with E-state index in [9.17, 15) is 14.2 Å². The summed E-state index contributed by atoms with van der Waals surface area (Å²) in [6.07, 6.45) is 1.14. The summed E-state index contributed by atoms with van der Waals surface area (Å²) < 4.78 is 12.3. The lowest BCUT2D eigenvalue weighted by molar-refractivity contribution is -0.134. The summed E-state index contributed by atoms with van der Waals surface area (Å²) in [6.45, 7) is 1.59. The summed E-state index contributed by atoms with van der Waals surface area (Å²) in [4.78, 5) is 22.5. The van der Waals surface area contributed by atoms with Crippen LogP contribution in [0.3, 0.4) is 0 Å². The number of rotatable bonds is 2. The summed E-state index contributed by atoms with van der Waals surface area (Å²) >= 11 is 0. The minimum absolute atomic E-state index is 0.277. The maximum absolute atomic E-state index is 11.7. The van der Waals surface area contributed by atoms with Gasteiger partial charge in [0.05, 0.1) is 0 Å². The second kappa shape index (κ2) is 4.30. The number of nitrogens with one attached hydrogen (secondary N) is 1. The Balaban J connectivity index is 2.76.